The van der Waals surface area contributed by atoms with Gasteiger partial charge in [0.1, 0.15) is 5.58 Å². The first-order valence-electron chi connectivity index (χ1n) is 18.9. The van der Waals surface area contributed by atoms with E-state index in [1.54, 1.807) is 0 Å². The van der Waals surface area contributed by atoms with Gasteiger partial charge in [-0.2, -0.15) is 0 Å². The summed E-state index contributed by atoms with van der Waals surface area (Å²) in [5.41, 5.74) is 14.2. The minimum atomic E-state index is 0.683. The molecule has 0 fully saturated rings. The molecule has 4 nitrogen and oxygen atoms in total. The van der Waals surface area contributed by atoms with Gasteiger partial charge in [-0.25, -0.2) is 9.97 Å². The van der Waals surface area contributed by atoms with Crippen LogP contribution in [-0.2, 0) is 0 Å². The van der Waals surface area contributed by atoms with Crippen molar-refractivity contribution in [1.29, 1.82) is 0 Å². The second-order valence-electron chi connectivity index (χ2n) is 14.1. The highest BCUT2D eigenvalue weighted by atomic mass is 16.3. The Morgan fingerprint density at radius 1 is 0.357 bits per heavy atom. The van der Waals surface area contributed by atoms with E-state index in [9.17, 15) is 0 Å². The number of para-hydroxylation sites is 3. The van der Waals surface area contributed by atoms with Gasteiger partial charge in [0.2, 0.25) is 0 Å². The maximum absolute atomic E-state index is 6.94. The highest BCUT2D eigenvalue weighted by Gasteiger charge is 2.22. The lowest BCUT2D eigenvalue weighted by Crippen LogP contribution is -1.97. The van der Waals surface area contributed by atoms with E-state index in [4.69, 9.17) is 14.4 Å². The van der Waals surface area contributed by atoms with Crippen molar-refractivity contribution >= 4 is 43.7 Å². The summed E-state index contributed by atoms with van der Waals surface area (Å²) in [6.45, 7) is 0. The molecule has 0 saturated heterocycles. The highest BCUT2D eigenvalue weighted by molar-refractivity contribution is 6.17. The number of hydrogen-bond acceptors (Lipinski definition) is 3. The number of nitrogens with zero attached hydrogens (tertiary/aromatic N) is 3. The molecule has 0 bridgehead atoms. The average Bonchev–Trinajstić information content (AvgIpc) is 3.83. The molecule has 0 radical (unpaired) electrons. The lowest BCUT2D eigenvalue weighted by atomic mass is 9.96. The van der Waals surface area contributed by atoms with Crippen LogP contribution < -0.4 is 0 Å². The predicted octanol–water partition coefficient (Wildman–Crippen LogP) is 13.8. The van der Waals surface area contributed by atoms with Crippen molar-refractivity contribution < 1.29 is 4.42 Å². The molecule has 0 amide bonds. The minimum absolute atomic E-state index is 0.683. The van der Waals surface area contributed by atoms with Crippen molar-refractivity contribution in [3.63, 3.8) is 0 Å². The fraction of sp³-hybridized carbons (Fsp3) is 0. The van der Waals surface area contributed by atoms with Crippen LogP contribution in [0.2, 0.25) is 0 Å². The van der Waals surface area contributed by atoms with Gasteiger partial charge in [0.15, 0.2) is 11.4 Å². The van der Waals surface area contributed by atoms with Crippen LogP contribution >= 0.6 is 0 Å². The van der Waals surface area contributed by atoms with Crippen LogP contribution in [0.3, 0.4) is 0 Å². The second kappa shape index (κ2) is 13.1. The summed E-state index contributed by atoms with van der Waals surface area (Å²) in [5, 5.41) is 4.45. The Morgan fingerprint density at radius 2 is 0.857 bits per heavy atom. The number of furan rings is 1. The Hall–Kier alpha value is -7.56. The van der Waals surface area contributed by atoms with Crippen molar-refractivity contribution in [3.8, 4) is 61.8 Å². The van der Waals surface area contributed by atoms with Crippen LogP contribution in [0.5, 0.6) is 0 Å². The molecule has 262 valence electrons. The third-order valence-corrected chi connectivity index (χ3v) is 10.8. The largest absolute Gasteiger partial charge is 0.453 e. The van der Waals surface area contributed by atoms with E-state index in [1.165, 1.54) is 0 Å². The molecule has 3 heterocycles. The summed E-state index contributed by atoms with van der Waals surface area (Å²) in [6.07, 6.45) is 0. The van der Waals surface area contributed by atoms with Gasteiger partial charge in [-0.1, -0.05) is 176 Å². The van der Waals surface area contributed by atoms with Gasteiger partial charge in [-0.05, 0) is 41.0 Å². The molecule has 0 atom stereocenters. The number of benzene rings is 8. The van der Waals surface area contributed by atoms with Crippen LogP contribution in [0.4, 0.5) is 0 Å². The molecule has 3 aromatic heterocycles. The zero-order valence-electron chi connectivity index (χ0n) is 30.3. The summed E-state index contributed by atoms with van der Waals surface area (Å²) in [5.74, 6) is 0.683. The summed E-state index contributed by atoms with van der Waals surface area (Å²) < 4.78 is 9.29. The van der Waals surface area contributed by atoms with Crippen LogP contribution in [0, 0.1) is 0 Å². The molecule has 0 spiro atoms. The van der Waals surface area contributed by atoms with E-state index in [0.29, 0.717) is 5.82 Å². The van der Waals surface area contributed by atoms with Gasteiger partial charge < -0.3 is 8.98 Å². The van der Waals surface area contributed by atoms with Crippen LogP contribution in [0.15, 0.2) is 205 Å². The first-order chi connectivity index (χ1) is 27.8. The van der Waals surface area contributed by atoms with Crippen LogP contribution in [0.1, 0.15) is 0 Å². The minimum Gasteiger partial charge on any atom is -0.453 e. The number of hydrogen-bond donors (Lipinski definition) is 0. The molecule has 0 aliphatic carbocycles. The molecule has 0 unspecified atom stereocenters. The summed E-state index contributed by atoms with van der Waals surface area (Å²) >= 11 is 0. The quantitative estimate of drug-likeness (QED) is 0.172. The molecule has 11 aromatic rings. The number of fused-ring (bicyclic) bond motifs is 6. The van der Waals surface area contributed by atoms with Crippen LogP contribution in [0.25, 0.3) is 106 Å². The van der Waals surface area contributed by atoms with Gasteiger partial charge in [-0.15, -0.1) is 0 Å². The second-order valence-corrected chi connectivity index (χ2v) is 14.1. The Balaban J connectivity index is 1.17. The summed E-state index contributed by atoms with van der Waals surface area (Å²) in [6, 6.07) is 70.0. The van der Waals surface area contributed by atoms with E-state index < -0.39 is 0 Å². The SMILES string of the molecule is c1ccc(-c2nc(-c3ccccc3-c3ccccc3)cc(-c3cccc4c3c3ccccc3n4-c3cccc4c3oc3c(-c5ccccc5)cccc34)n2)cc1. The van der Waals surface area contributed by atoms with E-state index in [1.807, 2.05) is 24.3 Å². The predicted molar refractivity (Wildman–Crippen MR) is 231 cm³/mol. The molecular weight excluding hydrogens is 683 g/mol. The Morgan fingerprint density at radius 3 is 1.61 bits per heavy atom. The van der Waals surface area contributed by atoms with E-state index >= 15 is 0 Å². The molecule has 0 N–H and O–H groups in total. The van der Waals surface area contributed by atoms with Gasteiger partial charge in [0, 0.05) is 43.8 Å². The zero-order chi connectivity index (χ0) is 37.0. The smallest absolute Gasteiger partial charge is 0.160 e. The Labute approximate surface area is 323 Å². The van der Waals surface area contributed by atoms with Gasteiger partial charge in [0.05, 0.1) is 28.1 Å². The lowest BCUT2D eigenvalue weighted by molar-refractivity contribution is 0.667. The normalized spacial score (nSPS) is 11.6. The zero-order valence-corrected chi connectivity index (χ0v) is 30.3. The fourth-order valence-electron chi connectivity index (χ4n) is 8.33. The first kappa shape index (κ1) is 31.9. The van der Waals surface area contributed by atoms with E-state index in [-0.39, 0.29) is 0 Å². The third kappa shape index (κ3) is 5.15. The average molecular weight is 716 g/mol. The Kier molecular flexibility index (Phi) is 7.46. The topological polar surface area (TPSA) is 43.9 Å². The monoisotopic (exact) mass is 715 g/mol. The molecule has 0 saturated carbocycles. The van der Waals surface area contributed by atoms with Crippen molar-refractivity contribution in [3.05, 3.63) is 200 Å². The highest BCUT2D eigenvalue weighted by Crippen LogP contribution is 2.43. The van der Waals surface area contributed by atoms with Crippen LogP contribution in [-0.4, -0.2) is 14.5 Å². The van der Waals surface area contributed by atoms with Crippen molar-refractivity contribution in [1.82, 2.24) is 14.5 Å². The molecule has 8 aromatic carbocycles. The van der Waals surface area contributed by atoms with Gasteiger partial charge >= 0.3 is 0 Å². The Bertz CT molecular complexity index is 3240. The maximum Gasteiger partial charge on any atom is 0.160 e. The third-order valence-electron chi connectivity index (χ3n) is 10.8. The van der Waals surface area contributed by atoms with Crippen molar-refractivity contribution in [2.75, 3.05) is 0 Å². The summed E-state index contributed by atoms with van der Waals surface area (Å²) in [7, 11) is 0. The maximum atomic E-state index is 6.94. The first-order valence-corrected chi connectivity index (χ1v) is 18.9. The van der Waals surface area contributed by atoms with Crippen molar-refractivity contribution in [2.45, 2.75) is 0 Å². The van der Waals surface area contributed by atoms with Gasteiger partial charge in [-0.3, -0.25) is 0 Å². The molecule has 0 aliphatic rings. The van der Waals surface area contributed by atoms with Gasteiger partial charge in [0.25, 0.3) is 0 Å². The fourth-order valence-corrected chi connectivity index (χ4v) is 8.33. The molecule has 4 heteroatoms. The molecule has 56 heavy (non-hydrogen) atoms. The summed E-state index contributed by atoms with van der Waals surface area (Å²) in [4.78, 5) is 10.6. The number of rotatable bonds is 6. The molecule has 11 rings (SSSR count). The molecule has 0 aliphatic heterocycles. The standard InChI is InChI=1S/C52H33N3O/c1-4-17-34(18-5-1)37-23-10-11-24-39(37)44-33-45(54-52(53-44)36-21-8-3-9-22-36)42-29-16-31-47-49(42)43-25-12-13-30-46(43)55(47)48-32-15-28-41-40-27-14-26-38(50(40)56-51(41)48)35-19-6-2-7-20-35/h1-33H. The van der Waals surface area contributed by atoms with E-state index in [0.717, 1.165) is 99.8 Å². The van der Waals surface area contributed by atoms with E-state index in [2.05, 4.69) is 180 Å². The van der Waals surface area contributed by atoms with Crippen molar-refractivity contribution in [2.24, 2.45) is 0 Å². The lowest BCUT2D eigenvalue weighted by Gasteiger charge is -2.14. The molecular formula is C52H33N3O. The number of aromatic nitrogens is 3.